The van der Waals surface area contributed by atoms with E-state index in [1.807, 2.05) is 55.3 Å². The highest BCUT2D eigenvalue weighted by atomic mass is 127. The van der Waals surface area contributed by atoms with Crippen molar-refractivity contribution in [1.29, 1.82) is 5.26 Å². The molecule has 0 aromatic heterocycles. The Morgan fingerprint density at radius 1 is 1.26 bits per heavy atom. The first kappa shape index (κ1) is 22.7. The summed E-state index contributed by atoms with van der Waals surface area (Å²) in [5.41, 5.74) is 0.755. The van der Waals surface area contributed by atoms with Gasteiger partial charge in [-0.25, -0.2) is 9.38 Å². The first-order valence-corrected chi connectivity index (χ1v) is 8.50. The van der Waals surface area contributed by atoms with Crippen LogP contribution in [-0.4, -0.2) is 37.6 Å². The van der Waals surface area contributed by atoms with Crippen LogP contribution in [0.2, 0.25) is 0 Å². The molecule has 0 saturated heterocycles. The molecule has 0 fully saturated rings. The van der Waals surface area contributed by atoms with E-state index in [0.29, 0.717) is 36.8 Å². The predicted octanol–water partition coefficient (Wildman–Crippen LogP) is 3.79. The van der Waals surface area contributed by atoms with Crippen molar-refractivity contribution in [1.82, 2.24) is 10.2 Å². The molecule has 0 spiro atoms. The van der Waals surface area contributed by atoms with Crippen molar-refractivity contribution < 1.29 is 9.13 Å². The van der Waals surface area contributed by atoms with Crippen LogP contribution >= 0.6 is 24.0 Å². The SMILES string of the molecule is CCNC(=NCc1ccc(C#N)cc1F)N(C)CCOc1ccccc1.I. The molecule has 0 aliphatic carbocycles. The lowest BCUT2D eigenvalue weighted by Crippen LogP contribution is -2.40. The summed E-state index contributed by atoms with van der Waals surface area (Å²) in [5.74, 6) is 1.08. The second-order valence-electron chi connectivity index (χ2n) is 5.67. The van der Waals surface area contributed by atoms with Gasteiger partial charge in [0.1, 0.15) is 18.2 Å². The van der Waals surface area contributed by atoms with Gasteiger partial charge in [-0.15, -0.1) is 24.0 Å². The Morgan fingerprint density at radius 2 is 2.00 bits per heavy atom. The molecule has 0 heterocycles. The monoisotopic (exact) mass is 482 g/mol. The molecule has 0 aliphatic rings. The zero-order valence-corrected chi connectivity index (χ0v) is 17.8. The Bertz CT molecular complexity index is 777. The number of ether oxygens (including phenoxy) is 1. The fourth-order valence-corrected chi connectivity index (χ4v) is 2.30. The summed E-state index contributed by atoms with van der Waals surface area (Å²) in [4.78, 5) is 6.42. The molecule has 5 nitrogen and oxygen atoms in total. The fourth-order valence-electron chi connectivity index (χ4n) is 2.30. The summed E-state index contributed by atoms with van der Waals surface area (Å²) >= 11 is 0. The number of benzene rings is 2. The van der Waals surface area contributed by atoms with E-state index in [9.17, 15) is 4.39 Å². The molecule has 2 rings (SSSR count). The van der Waals surface area contributed by atoms with E-state index in [0.717, 1.165) is 5.75 Å². The smallest absolute Gasteiger partial charge is 0.194 e. The summed E-state index contributed by atoms with van der Waals surface area (Å²) in [6.07, 6.45) is 0. The van der Waals surface area contributed by atoms with Gasteiger partial charge >= 0.3 is 0 Å². The number of guanidine groups is 1. The summed E-state index contributed by atoms with van der Waals surface area (Å²) < 4.78 is 19.7. The Morgan fingerprint density at radius 3 is 2.63 bits per heavy atom. The van der Waals surface area contributed by atoms with Crippen LogP contribution in [0.15, 0.2) is 53.5 Å². The average molecular weight is 482 g/mol. The third-order valence-corrected chi connectivity index (χ3v) is 3.72. The molecule has 0 bridgehead atoms. The molecule has 0 atom stereocenters. The van der Waals surface area contributed by atoms with E-state index in [4.69, 9.17) is 10.00 Å². The molecule has 0 saturated carbocycles. The average Bonchev–Trinajstić information content (AvgIpc) is 2.66. The van der Waals surface area contributed by atoms with E-state index in [-0.39, 0.29) is 30.5 Å². The molecule has 2 aromatic carbocycles. The summed E-state index contributed by atoms with van der Waals surface area (Å²) in [6, 6.07) is 16.0. The molecule has 7 heteroatoms. The Kier molecular flexibility index (Phi) is 10.2. The van der Waals surface area contributed by atoms with Gasteiger partial charge in [-0.3, -0.25) is 0 Å². The summed E-state index contributed by atoms with van der Waals surface area (Å²) in [7, 11) is 1.91. The number of hydrogen-bond acceptors (Lipinski definition) is 3. The molecular formula is C20H24FIN4O. The zero-order valence-electron chi connectivity index (χ0n) is 15.5. The first-order valence-electron chi connectivity index (χ1n) is 8.50. The quantitative estimate of drug-likeness (QED) is 0.371. The predicted molar refractivity (Wildman–Crippen MR) is 116 cm³/mol. The minimum atomic E-state index is -0.418. The van der Waals surface area contributed by atoms with Gasteiger partial charge in [-0.05, 0) is 31.2 Å². The molecule has 144 valence electrons. The molecular weight excluding hydrogens is 458 g/mol. The number of halogens is 2. The highest BCUT2D eigenvalue weighted by molar-refractivity contribution is 14.0. The van der Waals surface area contributed by atoms with Crippen LogP contribution in [-0.2, 0) is 6.54 Å². The molecule has 1 N–H and O–H groups in total. The number of rotatable bonds is 7. The lowest BCUT2D eigenvalue weighted by atomic mass is 10.1. The lowest BCUT2D eigenvalue weighted by molar-refractivity contribution is 0.281. The van der Waals surface area contributed by atoms with Gasteiger partial charge in [0, 0.05) is 19.2 Å². The zero-order chi connectivity index (χ0) is 18.8. The maximum atomic E-state index is 14.0. The number of para-hydroxylation sites is 1. The van der Waals surface area contributed by atoms with Gasteiger partial charge in [0.05, 0.1) is 24.7 Å². The van der Waals surface area contributed by atoms with Crippen molar-refractivity contribution in [3.63, 3.8) is 0 Å². The number of nitriles is 1. The van der Waals surface area contributed by atoms with Crippen molar-refractivity contribution >= 4 is 29.9 Å². The minimum absolute atomic E-state index is 0. The van der Waals surface area contributed by atoms with E-state index < -0.39 is 5.82 Å². The van der Waals surface area contributed by atoms with Gasteiger partial charge < -0.3 is 15.0 Å². The minimum Gasteiger partial charge on any atom is -0.492 e. The van der Waals surface area contributed by atoms with Gasteiger partial charge in [0.2, 0.25) is 0 Å². The standard InChI is InChI=1S/C20H23FN4O.HI/c1-3-23-20(24-15-17-10-9-16(14-22)13-19(17)21)25(2)11-12-26-18-7-5-4-6-8-18;/h4-10,13H,3,11-12,15H2,1-2H3,(H,23,24);1H. The van der Waals surface area contributed by atoms with Crippen LogP contribution in [0.25, 0.3) is 0 Å². The largest absolute Gasteiger partial charge is 0.492 e. The third-order valence-electron chi connectivity index (χ3n) is 3.72. The summed E-state index contributed by atoms with van der Waals surface area (Å²) in [5, 5.41) is 12.0. The molecule has 27 heavy (non-hydrogen) atoms. The van der Waals surface area contributed by atoms with Crippen molar-refractivity contribution in [3.05, 3.63) is 65.5 Å². The maximum Gasteiger partial charge on any atom is 0.194 e. The van der Waals surface area contributed by atoms with Crippen LogP contribution in [0.1, 0.15) is 18.1 Å². The maximum absolute atomic E-state index is 14.0. The van der Waals surface area contributed by atoms with Crippen LogP contribution in [0.5, 0.6) is 5.75 Å². The number of nitrogens with zero attached hydrogens (tertiary/aromatic N) is 3. The number of aliphatic imine (C=N–C) groups is 1. The normalized spacial score (nSPS) is 10.5. The highest BCUT2D eigenvalue weighted by Gasteiger charge is 2.08. The van der Waals surface area contributed by atoms with Gasteiger partial charge in [-0.2, -0.15) is 5.26 Å². The number of likely N-dealkylation sites (N-methyl/N-ethyl adjacent to an activating group) is 1. The van der Waals surface area contributed by atoms with Crippen LogP contribution in [0.3, 0.4) is 0 Å². The van der Waals surface area contributed by atoms with Gasteiger partial charge in [0.25, 0.3) is 0 Å². The highest BCUT2D eigenvalue weighted by Crippen LogP contribution is 2.11. The molecule has 0 aliphatic heterocycles. The second-order valence-corrected chi connectivity index (χ2v) is 5.67. The van der Waals surface area contributed by atoms with E-state index in [1.54, 1.807) is 12.1 Å². The lowest BCUT2D eigenvalue weighted by Gasteiger charge is -2.22. The van der Waals surface area contributed by atoms with Crippen LogP contribution in [0, 0.1) is 17.1 Å². The topological polar surface area (TPSA) is 60.7 Å². The molecule has 0 amide bonds. The Balaban J connectivity index is 0.00000364. The molecule has 0 unspecified atom stereocenters. The Labute approximate surface area is 176 Å². The number of nitrogens with one attached hydrogen (secondary N) is 1. The van der Waals surface area contributed by atoms with Crippen molar-refractivity contribution in [2.75, 3.05) is 26.7 Å². The van der Waals surface area contributed by atoms with Crippen LogP contribution in [0.4, 0.5) is 4.39 Å². The summed E-state index contributed by atoms with van der Waals surface area (Å²) in [6.45, 7) is 4.03. The first-order chi connectivity index (χ1) is 12.6. The van der Waals surface area contributed by atoms with Gasteiger partial charge in [-0.1, -0.05) is 24.3 Å². The Hall–Kier alpha value is -2.34. The second kappa shape index (κ2) is 12.1. The molecule has 2 aromatic rings. The van der Waals surface area contributed by atoms with Crippen molar-refractivity contribution in [2.45, 2.75) is 13.5 Å². The number of hydrogen-bond donors (Lipinski definition) is 1. The van der Waals surface area contributed by atoms with Crippen LogP contribution < -0.4 is 10.1 Å². The van der Waals surface area contributed by atoms with E-state index in [1.165, 1.54) is 6.07 Å². The molecule has 0 radical (unpaired) electrons. The van der Waals surface area contributed by atoms with Crippen molar-refractivity contribution in [3.8, 4) is 11.8 Å². The van der Waals surface area contributed by atoms with E-state index >= 15 is 0 Å². The van der Waals surface area contributed by atoms with Crippen molar-refractivity contribution in [2.24, 2.45) is 4.99 Å². The fraction of sp³-hybridized carbons (Fsp3) is 0.300. The van der Waals surface area contributed by atoms with E-state index in [2.05, 4.69) is 10.3 Å². The third kappa shape index (κ3) is 7.43. The van der Waals surface area contributed by atoms with Gasteiger partial charge in [0.15, 0.2) is 5.96 Å².